The normalized spacial score (nSPS) is 16.4. The average molecular weight is 496 g/mol. The fraction of sp³-hybridized carbons (Fsp3) is 0.300. The van der Waals surface area contributed by atoms with Crippen molar-refractivity contribution in [3.8, 4) is 6.07 Å². The zero-order valence-electron chi connectivity index (χ0n) is 16.5. The Morgan fingerprint density at radius 1 is 1.23 bits per heavy atom. The smallest absolute Gasteiger partial charge is 0.332 e. The second-order valence-electron chi connectivity index (χ2n) is 7.30. The predicted octanol–water partition coefficient (Wildman–Crippen LogP) is 4.34. The molecule has 31 heavy (non-hydrogen) atoms. The fourth-order valence-corrected chi connectivity index (χ4v) is 3.54. The van der Waals surface area contributed by atoms with E-state index < -0.39 is 34.8 Å². The van der Waals surface area contributed by atoms with Crippen LogP contribution in [0.5, 0.6) is 0 Å². The minimum absolute atomic E-state index is 0.0896. The molecular weight excluding hydrogens is 479 g/mol. The summed E-state index contributed by atoms with van der Waals surface area (Å²) in [7, 11) is 0. The first-order valence-electron chi connectivity index (χ1n) is 9.06. The Kier molecular flexibility index (Phi) is 5.96. The lowest BCUT2D eigenvalue weighted by molar-refractivity contribution is -0.137. The molecule has 1 aliphatic rings. The van der Waals surface area contributed by atoms with Gasteiger partial charge >= 0.3 is 12.2 Å². The van der Waals surface area contributed by atoms with Gasteiger partial charge in [-0.25, -0.2) is 14.7 Å². The molecule has 0 unspecified atom stereocenters. The van der Waals surface area contributed by atoms with Gasteiger partial charge in [-0.15, -0.1) is 0 Å². The Morgan fingerprint density at radius 3 is 2.48 bits per heavy atom. The summed E-state index contributed by atoms with van der Waals surface area (Å²) in [6.07, 6.45) is 2.07. The zero-order valence-corrected chi connectivity index (χ0v) is 18.1. The number of imidazole rings is 1. The van der Waals surface area contributed by atoms with Crippen molar-refractivity contribution in [3.63, 3.8) is 0 Å². The second-order valence-corrected chi connectivity index (χ2v) is 8.11. The Hall–Kier alpha value is -3.13. The van der Waals surface area contributed by atoms with E-state index in [0.717, 1.165) is 17.0 Å². The quantitative estimate of drug-likeness (QED) is 0.456. The summed E-state index contributed by atoms with van der Waals surface area (Å²) in [5.74, 6) is -0.651. The largest absolute Gasteiger partial charge is 0.417 e. The summed E-state index contributed by atoms with van der Waals surface area (Å²) in [6.45, 7) is 3.64. The highest BCUT2D eigenvalue weighted by atomic mass is 79.9. The molecule has 1 aromatic carbocycles. The predicted molar refractivity (Wildman–Crippen MR) is 109 cm³/mol. The van der Waals surface area contributed by atoms with Crippen LogP contribution in [0.4, 0.5) is 23.7 Å². The van der Waals surface area contributed by atoms with E-state index in [0.29, 0.717) is 17.2 Å². The van der Waals surface area contributed by atoms with Gasteiger partial charge in [-0.3, -0.25) is 4.79 Å². The van der Waals surface area contributed by atoms with Gasteiger partial charge in [-0.1, -0.05) is 12.2 Å². The number of hydrogen-bond acceptors (Lipinski definition) is 4. The zero-order chi connectivity index (χ0) is 23.0. The van der Waals surface area contributed by atoms with E-state index in [1.807, 2.05) is 0 Å². The molecule has 0 aliphatic carbocycles. The molecule has 1 saturated heterocycles. The van der Waals surface area contributed by atoms with Crippen molar-refractivity contribution in [1.82, 2.24) is 14.5 Å². The van der Waals surface area contributed by atoms with Gasteiger partial charge in [0.2, 0.25) is 0 Å². The number of nitriles is 1. The number of imide groups is 1. The van der Waals surface area contributed by atoms with Gasteiger partial charge in [0.1, 0.15) is 10.1 Å². The molecular formula is C20H17BrF3N5O2. The van der Waals surface area contributed by atoms with Crippen LogP contribution < -0.4 is 4.90 Å². The topological polar surface area (TPSA) is 82.2 Å². The van der Waals surface area contributed by atoms with Crippen LogP contribution in [0.3, 0.4) is 0 Å². The molecule has 0 radical (unpaired) electrons. The van der Waals surface area contributed by atoms with Crippen LogP contribution in [-0.2, 0) is 17.5 Å². The molecule has 2 heterocycles. The van der Waals surface area contributed by atoms with Crippen molar-refractivity contribution in [3.05, 3.63) is 58.6 Å². The number of carbonyl (C=O) groups is 2. The minimum Gasteiger partial charge on any atom is -0.332 e. The number of benzene rings is 1. The summed E-state index contributed by atoms with van der Waals surface area (Å²) in [5.41, 5.74) is -3.27. The molecule has 1 fully saturated rings. The van der Waals surface area contributed by atoms with Gasteiger partial charge in [0, 0.05) is 19.3 Å². The molecule has 0 saturated carbocycles. The van der Waals surface area contributed by atoms with E-state index in [-0.39, 0.29) is 12.2 Å². The Labute approximate surface area is 184 Å². The van der Waals surface area contributed by atoms with Gasteiger partial charge in [-0.2, -0.15) is 18.4 Å². The van der Waals surface area contributed by atoms with Gasteiger partial charge in [0.25, 0.3) is 5.91 Å². The van der Waals surface area contributed by atoms with E-state index in [1.54, 1.807) is 29.2 Å². The number of allylic oxidation sites excluding steroid dienone is 1. The molecule has 1 aromatic heterocycles. The maximum atomic E-state index is 13.3. The van der Waals surface area contributed by atoms with Crippen LogP contribution in [0.2, 0.25) is 0 Å². The maximum absolute atomic E-state index is 13.3. The molecule has 7 nitrogen and oxygen atoms in total. The van der Waals surface area contributed by atoms with E-state index in [9.17, 15) is 22.8 Å². The maximum Gasteiger partial charge on any atom is 0.417 e. The van der Waals surface area contributed by atoms with Gasteiger partial charge in [0.05, 0.1) is 29.2 Å². The van der Waals surface area contributed by atoms with E-state index in [4.69, 9.17) is 5.26 Å². The lowest BCUT2D eigenvalue weighted by atomic mass is 10.0. The third-order valence-electron chi connectivity index (χ3n) is 4.88. The molecule has 0 N–H and O–H groups in total. The third-order valence-corrected chi connectivity index (χ3v) is 5.29. The molecule has 3 amide bonds. The van der Waals surface area contributed by atoms with Crippen molar-refractivity contribution in [1.29, 1.82) is 5.26 Å². The number of amides is 3. The van der Waals surface area contributed by atoms with Gasteiger partial charge < -0.3 is 9.47 Å². The first kappa shape index (κ1) is 22.6. The first-order chi connectivity index (χ1) is 14.5. The van der Waals surface area contributed by atoms with Crippen LogP contribution in [0.1, 0.15) is 25.0 Å². The van der Waals surface area contributed by atoms with E-state index in [2.05, 4.69) is 20.9 Å². The number of aromatic nitrogens is 2. The summed E-state index contributed by atoms with van der Waals surface area (Å²) in [4.78, 5) is 31.9. The van der Waals surface area contributed by atoms with Crippen LogP contribution in [0, 0.1) is 11.3 Å². The molecule has 3 rings (SSSR count). The average Bonchev–Trinajstić information content (AvgIpc) is 3.18. The Balaban J connectivity index is 1.84. The summed E-state index contributed by atoms with van der Waals surface area (Å²) in [5, 5.41) is 8.95. The van der Waals surface area contributed by atoms with Crippen LogP contribution in [-0.4, -0.2) is 38.5 Å². The number of rotatable bonds is 5. The number of carbonyl (C=O) groups excluding carboxylic acids is 2. The molecule has 0 bridgehead atoms. The van der Waals surface area contributed by atoms with Crippen molar-refractivity contribution in [2.24, 2.45) is 0 Å². The molecule has 2 aromatic rings. The number of urea groups is 1. The SMILES string of the molecule is CC1(C)C(=O)N(c2ccc(C#N)c(C(F)(F)F)c2)C(=O)N1C/C=C\Cn1cnc(Br)c1. The highest BCUT2D eigenvalue weighted by Gasteiger charge is 2.51. The fourth-order valence-electron chi connectivity index (χ4n) is 3.18. The number of alkyl halides is 3. The second kappa shape index (κ2) is 8.19. The molecule has 0 spiro atoms. The van der Waals surface area contributed by atoms with Crippen LogP contribution >= 0.6 is 15.9 Å². The number of halogens is 4. The van der Waals surface area contributed by atoms with Crippen molar-refractivity contribution in [2.45, 2.75) is 32.1 Å². The lowest BCUT2D eigenvalue weighted by Crippen LogP contribution is -2.44. The minimum atomic E-state index is -4.80. The molecule has 1 aliphatic heterocycles. The number of hydrogen-bond donors (Lipinski definition) is 0. The number of anilines is 1. The number of nitrogens with zero attached hydrogens (tertiary/aromatic N) is 5. The van der Waals surface area contributed by atoms with Crippen molar-refractivity contribution in [2.75, 3.05) is 11.4 Å². The highest BCUT2D eigenvalue weighted by molar-refractivity contribution is 9.10. The van der Waals surface area contributed by atoms with E-state index >= 15 is 0 Å². The first-order valence-corrected chi connectivity index (χ1v) is 9.86. The standard InChI is InChI=1S/C20H17BrF3N5O2/c1-19(2)17(30)29(14-6-5-13(10-25)15(9-14)20(22,23)24)18(31)28(19)8-4-3-7-27-11-16(21)26-12-27/h3-6,9,11-12H,7-8H2,1-2H3/b4-3-. The molecule has 11 heteroatoms. The summed E-state index contributed by atoms with van der Waals surface area (Å²) < 4.78 is 42.4. The summed E-state index contributed by atoms with van der Waals surface area (Å²) in [6, 6.07) is 3.52. The van der Waals surface area contributed by atoms with Crippen LogP contribution in [0.15, 0.2) is 47.5 Å². The molecule has 0 atom stereocenters. The van der Waals surface area contributed by atoms with Gasteiger partial charge in [-0.05, 0) is 48.0 Å². The highest BCUT2D eigenvalue weighted by Crippen LogP contribution is 2.37. The Bertz CT molecular complexity index is 1100. The summed E-state index contributed by atoms with van der Waals surface area (Å²) >= 11 is 3.24. The van der Waals surface area contributed by atoms with E-state index in [1.165, 1.54) is 24.8 Å². The monoisotopic (exact) mass is 495 g/mol. The lowest BCUT2D eigenvalue weighted by Gasteiger charge is -2.26. The van der Waals surface area contributed by atoms with Crippen LogP contribution in [0.25, 0.3) is 0 Å². The molecule has 162 valence electrons. The van der Waals surface area contributed by atoms with Crippen molar-refractivity contribution < 1.29 is 22.8 Å². The Morgan fingerprint density at radius 2 is 1.90 bits per heavy atom. The van der Waals surface area contributed by atoms with Gasteiger partial charge in [0.15, 0.2) is 0 Å². The van der Waals surface area contributed by atoms with Crippen molar-refractivity contribution >= 4 is 33.6 Å². The third kappa shape index (κ3) is 4.34.